The van der Waals surface area contributed by atoms with Gasteiger partial charge in [0.2, 0.25) is 5.95 Å². The maximum Gasteiger partial charge on any atom is 0.223 e. The van der Waals surface area contributed by atoms with Crippen LogP contribution in [0.15, 0.2) is 53.4 Å². The molecule has 0 unspecified atom stereocenters. The van der Waals surface area contributed by atoms with Crippen molar-refractivity contribution in [1.29, 1.82) is 0 Å². The molecule has 0 radical (unpaired) electrons. The normalized spacial score (nSPS) is 11.3. The average Bonchev–Trinajstić information content (AvgIpc) is 3.01. The van der Waals surface area contributed by atoms with Crippen molar-refractivity contribution in [3.63, 3.8) is 0 Å². The first-order chi connectivity index (χ1) is 10.8. The van der Waals surface area contributed by atoms with E-state index in [4.69, 9.17) is 5.73 Å². The molecule has 0 atom stereocenters. The second-order valence-electron chi connectivity index (χ2n) is 4.89. The van der Waals surface area contributed by atoms with Gasteiger partial charge < -0.3 is 5.73 Å². The van der Waals surface area contributed by atoms with Crippen molar-refractivity contribution < 1.29 is 0 Å². The number of nitrogen functional groups attached to an aromatic ring is 1. The molecule has 0 aliphatic rings. The van der Waals surface area contributed by atoms with Gasteiger partial charge in [-0.3, -0.25) is 0 Å². The van der Waals surface area contributed by atoms with E-state index in [9.17, 15) is 0 Å². The van der Waals surface area contributed by atoms with Crippen molar-refractivity contribution in [2.24, 2.45) is 0 Å². The first-order valence-corrected chi connectivity index (χ1v) is 8.04. The first-order valence-electron chi connectivity index (χ1n) is 6.82. The Morgan fingerprint density at radius 3 is 2.77 bits per heavy atom. The van der Waals surface area contributed by atoms with Gasteiger partial charge in [-0.25, -0.2) is 9.97 Å². The molecular weight excluding hydrogens is 294 g/mol. The highest BCUT2D eigenvalue weighted by Gasteiger charge is 2.12. The summed E-state index contributed by atoms with van der Waals surface area (Å²) in [5.74, 6) is 0.995. The van der Waals surface area contributed by atoms with Gasteiger partial charge in [-0.05, 0) is 30.5 Å². The number of hydrogen-bond donors (Lipinski definition) is 1. The topological polar surface area (TPSA) is 69.1 Å². The highest BCUT2D eigenvalue weighted by atomic mass is 32.2. The summed E-state index contributed by atoms with van der Waals surface area (Å²) < 4.78 is 1.60. The Hall–Kier alpha value is -2.60. The van der Waals surface area contributed by atoms with Crippen LogP contribution in [0.3, 0.4) is 0 Å². The summed E-state index contributed by atoms with van der Waals surface area (Å²) in [7, 11) is 0. The number of nitrogens with zero attached hydrogens (tertiary/aromatic N) is 4. The summed E-state index contributed by atoms with van der Waals surface area (Å²) in [4.78, 5) is 10.2. The van der Waals surface area contributed by atoms with Gasteiger partial charge in [-0.2, -0.15) is 4.52 Å². The lowest BCUT2D eigenvalue weighted by atomic mass is 10.2. The second-order valence-corrected chi connectivity index (χ2v) is 5.77. The number of thioether (sulfide) groups is 1. The minimum Gasteiger partial charge on any atom is -0.368 e. The fraction of sp³-hybridized carbons (Fsp3) is 0.0625. The molecule has 2 N–H and O–H groups in total. The lowest BCUT2D eigenvalue weighted by molar-refractivity contribution is 0.955. The predicted molar refractivity (Wildman–Crippen MR) is 89.9 cm³/mol. The number of benzene rings is 2. The van der Waals surface area contributed by atoms with Crippen molar-refractivity contribution in [3.8, 4) is 11.4 Å². The lowest BCUT2D eigenvalue weighted by Crippen LogP contribution is -2.02. The van der Waals surface area contributed by atoms with E-state index in [1.807, 2.05) is 42.7 Å². The molecule has 0 aliphatic heterocycles. The minimum atomic E-state index is 0.341. The minimum absolute atomic E-state index is 0.341. The summed E-state index contributed by atoms with van der Waals surface area (Å²) in [5.41, 5.74) is 8.54. The Kier molecular flexibility index (Phi) is 2.97. The van der Waals surface area contributed by atoms with E-state index >= 15 is 0 Å². The fourth-order valence-electron chi connectivity index (χ4n) is 2.46. The summed E-state index contributed by atoms with van der Waals surface area (Å²) in [6, 6.07) is 15.9. The SMILES string of the molecule is CSc1cccc(-c2nc3c4ccccc4nc(N)n3n2)c1. The highest BCUT2D eigenvalue weighted by Crippen LogP contribution is 2.25. The van der Waals surface area contributed by atoms with Gasteiger partial charge in [0.05, 0.1) is 5.52 Å². The maximum absolute atomic E-state index is 6.02. The Labute approximate surface area is 131 Å². The van der Waals surface area contributed by atoms with E-state index < -0.39 is 0 Å². The second kappa shape index (κ2) is 4.99. The monoisotopic (exact) mass is 307 g/mol. The van der Waals surface area contributed by atoms with Crippen LogP contribution in [0.4, 0.5) is 5.95 Å². The lowest BCUT2D eigenvalue weighted by Gasteiger charge is -2.00. The zero-order chi connectivity index (χ0) is 15.1. The molecular formula is C16H13N5S. The predicted octanol–water partition coefficient (Wildman–Crippen LogP) is 3.25. The Bertz CT molecular complexity index is 992. The van der Waals surface area contributed by atoms with E-state index in [0.717, 1.165) is 22.1 Å². The zero-order valence-electron chi connectivity index (χ0n) is 11.9. The molecule has 6 heteroatoms. The van der Waals surface area contributed by atoms with Crippen molar-refractivity contribution in [2.75, 3.05) is 12.0 Å². The van der Waals surface area contributed by atoms with Crippen molar-refractivity contribution in [2.45, 2.75) is 4.90 Å². The van der Waals surface area contributed by atoms with Crippen LogP contribution in [0.25, 0.3) is 27.9 Å². The van der Waals surface area contributed by atoms with Gasteiger partial charge in [0, 0.05) is 15.8 Å². The number of aromatic nitrogens is 4. The standard InChI is InChI=1S/C16H13N5S/c1-22-11-6-4-5-10(9-11)14-19-15-12-7-2-3-8-13(12)18-16(17)21(15)20-14/h2-9H,1H3,(H2,17,18). The first kappa shape index (κ1) is 13.1. The van der Waals surface area contributed by atoms with Gasteiger partial charge in [-0.1, -0.05) is 24.3 Å². The van der Waals surface area contributed by atoms with E-state index in [-0.39, 0.29) is 0 Å². The van der Waals surface area contributed by atoms with Crippen molar-refractivity contribution in [3.05, 3.63) is 48.5 Å². The molecule has 4 aromatic rings. The Morgan fingerprint density at radius 2 is 1.91 bits per heavy atom. The number of fused-ring (bicyclic) bond motifs is 3. The molecule has 2 aromatic heterocycles. The molecule has 0 saturated heterocycles. The zero-order valence-corrected chi connectivity index (χ0v) is 12.7. The largest absolute Gasteiger partial charge is 0.368 e. The molecule has 2 aromatic carbocycles. The molecule has 0 bridgehead atoms. The Morgan fingerprint density at radius 1 is 1.05 bits per heavy atom. The molecule has 0 spiro atoms. The summed E-state index contributed by atoms with van der Waals surface area (Å²) >= 11 is 1.69. The number of hydrogen-bond acceptors (Lipinski definition) is 5. The van der Waals surface area contributed by atoms with Crippen LogP contribution in [0, 0.1) is 0 Å². The quantitative estimate of drug-likeness (QED) is 0.576. The van der Waals surface area contributed by atoms with E-state index in [1.165, 1.54) is 4.90 Å². The third-order valence-electron chi connectivity index (χ3n) is 3.53. The number of para-hydroxylation sites is 1. The molecule has 0 aliphatic carbocycles. The molecule has 108 valence electrons. The van der Waals surface area contributed by atoms with Crippen LogP contribution in [-0.2, 0) is 0 Å². The van der Waals surface area contributed by atoms with Gasteiger partial charge in [0.1, 0.15) is 0 Å². The fourth-order valence-corrected chi connectivity index (χ4v) is 2.92. The van der Waals surface area contributed by atoms with Crippen LogP contribution in [0.1, 0.15) is 0 Å². The number of rotatable bonds is 2. The maximum atomic E-state index is 6.02. The van der Waals surface area contributed by atoms with Gasteiger partial charge >= 0.3 is 0 Å². The van der Waals surface area contributed by atoms with E-state index in [0.29, 0.717) is 11.8 Å². The van der Waals surface area contributed by atoms with Gasteiger partial charge in [0.15, 0.2) is 11.5 Å². The molecule has 5 nitrogen and oxygen atoms in total. The Balaban J connectivity index is 2.00. The average molecular weight is 307 g/mol. The summed E-state index contributed by atoms with van der Waals surface area (Å²) in [5, 5.41) is 5.46. The summed E-state index contributed by atoms with van der Waals surface area (Å²) in [6.45, 7) is 0. The van der Waals surface area contributed by atoms with Crippen LogP contribution in [0.5, 0.6) is 0 Å². The van der Waals surface area contributed by atoms with E-state index in [1.54, 1.807) is 16.3 Å². The molecule has 0 amide bonds. The van der Waals surface area contributed by atoms with Crippen LogP contribution in [-0.4, -0.2) is 25.8 Å². The molecule has 4 rings (SSSR count). The van der Waals surface area contributed by atoms with Crippen LogP contribution in [0.2, 0.25) is 0 Å². The van der Waals surface area contributed by atoms with Gasteiger partial charge in [0.25, 0.3) is 0 Å². The van der Waals surface area contributed by atoms with Crippen LogP contribution < -0.4 is 5.73 Å². The molecule has 22 heavy (non-hydrogen) atoms. The summed E-state index contributed by atoms with van der Waals surface area (Å²) in [6.07, 6.45) is 2.05. The van der Waals surface area contributed by atoms with Crippen molar-refractivity contribution >= 4 is 34.3 Å². The third kappa shape index (κ3) is 2.00. The van der Waals surface area contributed by atoms with E-state index in [2.05, 4.69) is 27.2 Å². The molecule has 2 heterocycles. The molecule has 0 saturated carbocycles. The highest BCUT2D eigenvalue weighted by molar-refractivity contribution is 7.98. The van der Waals surface area contributed by atoms with Crippen LogP contribution >= 0.6 is 11.8 Å². The van der Waals surface area contributed by atoms with Gasteiger partial charge in [-0.15, -0.1) is 16.9 Å². The number of nitrogens with two attached hydrogens (primary N) is 1. The number of anilines is 1. The van der Waals surface area contributed by atoms with Crippen molar-refractivity contribution in [1.82, 2.24) is 19.6 Å². The third-order valence-corrected chi connectivity index (χ3v) is 4.26. The molecule has 0 fully saturated rings. The smallest absolute Gasteiger partial charge is 0.223 e.